The summed E-state index contributed by atoms with van der Waals surface area (Å²) in [5.74, 6) is 0.275. The lowest BCUT2D eigenvalue weighted by Crippen LogP contribution is -2.31. The van der Waals surface area contributed by atoms with E-state index in [4.69, 9.17) is 5.73 Å². The van der Waals surface area contributed by atoms with Crippen LogP contribution in [0.4, 0.5) is 10.1 Å². The largest absolute Gasteiger partial charge is 0.364 e. The highest BCUT2D eigenvalue weighted by molar-refractivity contribution is 5.49. The fourth-order valence-electron chi connectivity index (χ4n) is 2.53. The molecule has 0 bridgehead atoms. The van der Waals surface area contributed by atoms with E-state index in [0.717, 1.165) is 5.56 Å². The van der Waals surface area contributed by atoms with Crippen LogP contribution in [0.25, 0.3) is 0 Å². The highest BCUT2D eigenvalue weighted by Gasteiger charge is 2.18. The van der Waals surface area contributed by atoms with E-state index in [2.05, 4.69) is 38.1 Å². The number of anilines is 1. The number of para-hydroxylation sites is 1. The third-order valence-corrected chi connectivity index (χ3v) is 3.91. The highest BCUT2D eigenvalue weighted by Crippen LogP contribution is 2.28. The van der Waals surface area contributed by atoms with Crippen molar-refractivity contribution >= 4 is 5.69 Å². The average molecular weight is 286 g/mol. The number of nitrogens with zero attached hydrogens (tertiary/aromatic N) is 1. The molecule has 2 nitrogen and oxygen atoms in total. The molecule has 0 aliphatic heterocycles. The van der Waals surface area contributed by atoms with Crippen molar-refractivity contribution < 1.29 is 4.39 Å². The second kappa shape index (κ2) is 6.72. The molecule has 2 aromatic carbocycles. The maximum Gasteiger partial charge on any atom is 0.146 e. The smallest absolute Gasteiger partial charge is 0.146 e. The van der Waals surface area contributed by atoms with Crippen molar-refractivity contribution in [3.63, 3.8) is 0 Å². The molecule has 0 saturated heterocycles. The molecule has 0 aliphatic rings. The number of benzene rings is 2. The van der Waals surface area contributed by atoms with Crippen molar-refractivity contribution in [2.45, 2.75) is 25.8 Å². The molecule has 3 heteroatoms. The molecular weight excluding hydrogens is 263 g/mol. The fraction of sp³-hybridized carbons (Fsp3) is 0.333. The Bertz CT molecular complexity index is 578. The normalized spacial score (nSPS) is 12.5. The molecule has 0 radical (unpaired) electrons. The number of hydrogen-bond acceptors (Lipinski definition) is 2. The van der Waals surface area contributed by atoms with Crippen LogP contribution in [0.1, 0.15) is 36.9 Å². The molecule has 2 N–H and O–H groups in total. The van der Waals surface area contributed by atoms with E-state index >= 15 is 0 Å². The van der Waals surface area contributed by atoms with Crippen molar-refractivity contribution in [2.24, 2.45) is 5.73 Å². The first-order valence-electron chi connectivity index (χ1n) is 7.32. The molecule has 112 valence electrons. The molecule has 0 aliphatic carbocycles. The molecule has 21 heavy (non-hydrogen) atoms. The van der Waals surface area contributed by atoms with Gasteiger partial charge in [-0.3, -0.25) is 0 Å². The number of halogens is 1. The summed E-state index contributed by atoms with van der Waals surface area (Å²) in [6.45, 7) is 4.77. The summed E-state index contributed by atoms with van der Waals surface area (Å²) in [4.78, 5) is 1.90. The molecule has 0 saturated carbocycles. The van der Waals surface area contributed by atoms with Crippen LogP contribution in [-0.4, -0.2) is 13.6 Å². The third kappa shape index (κ3) is 3.42. The minimum atomic E-state index is -0.225. The molecular formula is C18H23FN2. The predicted octanol–water partition coefficient (Wildman–Crippen LogP) is 4.09. The lowest BCUT2D eigenvalue weighted by Gasteiger charge is -2.30. The lowest BCUT2D eigenvalue weighted by atomic mass is 9.98. The Morgan fingerprint density at radius 1 is 1.00 bits per heavy atom. The molecule has 1 atom stereocenters. The van der Waals surface area contributed by atoms with E-state index in [0.29, 0.717) is 18.2 Å². The van der Waals surface area contributed by atoms with Gasteiger partial charge in [0.1, 0.15) is 5.82 Å². The summed E-state index contributed by atoms with van der Waals surface area (Å²) in [6.07, 6.45) is 0. The Labute approximate surface area is 126 Å². The third-order valence-electron chi connectivity index (χ3n) is 3.91. The first-order chi connectivity index (χ1) is 10.0. The zero-order valence-corrected chi connectivity index (χ0v) is 12.9. The van der Waals surface area contributed by atoms with Crippen molar-refractivity contribution in [2.75, 3.05) is 18.5 Å². The van der Waals surface area contributed by atoms with Crippen LogP contribution in [0.2, 0.25) is 0 Å². The monoisotopic (exact) mass is 286 g/mol. The van der Waals surface area contributed by atoms with Gasteiger partial charge in [-0.15, -0.1) is 0 Å². The van der Waals surface area contributed by atoms with Crippen LogP contribution in [0.5, 0.6) is 0 Å². The summed E-state index contributed by atoms with van der Waals surface area (Å²) in [5, 5.41) is 0. The summed E-state index contributed by atoms with van der Waals surface area (Å²) in [7, 11) is 1.88. The molecule has 0 aromatic heterocycles. The van der Waals surface area contributed by atoms with Crippen molar-refractivity contribution in [1.82, 2.24) is 0 Å². The first kappa shape index (κ1) is 15.5. The Morgan fingerprint density at radius 2 is 1.57 bits per heavy atom. The van der Waals surface area contributed by atoms with Crippen LogP contribution >= 0.6 is 0 Å². The second-order valence-electron chi connectivity index (χ2n) is 5.64. The second-order valence-corrected chi connectivity index (χ2v) is 5.64. The van der Waals surface area contributed by atoms with Gasteiger partial charge in [-0.1, -0.05) is 50.2 Å². The number of likely N-dealkylation sites (N-methyl/N-ethyl adjacent to an activating group) is 1. The minimum absolute atomic E-state index is 0.0388. The number of rotatable bonds is 5. The first-order valence-corrected chi connectivity index (χ1v) is 7.32. The minimum Gasteiger partial charge on any atom is -0.364 e. The van der Waals surface area contributed by atoms with Crippen molar-refractivity contribution in [3.8, 4) is 0 Å². The van der Waals surface area contributed by atoms with Crippen LogP contribution in [0, 0.1) is 5.82 Å². The standard InChI is InChI=1S/C18H23FN2/c1-13(2)14-8-10-15(11-9-14)18(12-20)21(3)17-7-5-4-6-16(17)19/h4-11,13,18H,12,20H2,1-3H3. The van der Waals surface area contributed by atoms with E-state index < -0.39 is 0 Å². The summed E-state index contributed by atoms with van der Waals surface area (Å²) in [6, 6.07) is 15.2. The van der Waals surface area contributed by atoms with Gasteiger partial charge in [0.2, 0.25) is 0 Å². The van der Waals surface area contributed by atoms with Crippen LogP contribution in [0.3, 0.4) is 0 Å². The Morgan fingerprint density at radius 3 is 2.10 bits per heavy atom. The predicted molar refractivity (Wildman–Crippen MR) is 87.1 cm³/mol. The molecule has 0 heterocycles. The summed E-state index contributed by atoms with van der Waals surface area (Å²) >= 11 is 0. The lowest BCUT2D eigenvalue weighted by molar-refractivity contribution is 0.603. The molecule has 2 rings (SSSR count). The maximum absolute atomic E-state index is 13.9. The van der Waals surface area contributed by atoms with Gasteiger partial charge in [0.05, 0.1) is 11.7 Å². The van der Waals surface area contributed by atoms with Gasteiger partial charge in [-0.25, -0.2) is 4.39 Å². The van der Waals surface area contributed by atoms with E-state index in [1.54, 1.807) is 12.1 Å². The molecule has 0 spiro atoms. The van der Waals surface area contributed by atoms with Gasteiger partial charge in [0, 0.05) is 13.6 Å². The SMILES string of the molecule is CC(C)c1ccc(C(CN)N(C)c2ccccc2F)cc1. The van der Waals surface area contributed by atoms with Crippen LogP contribution in [-0.2, 0) is 0 Å². The number of hydrogen-bond donors (Lipinski definition) is 1. The van der Waals surface area contributed by atoms with Gasteiger partial charge in [-0.05, 0) is 29.2 Å². The van der Waals surface area contributed by atoms with Crippen LogP contribution in [0.15, 0.2) is 48.5 Å². The zero-order valence-electron chi connectivity index (χ0n) is 12.9. The Kier molecular flexibility index (Phi) is 4.97. The van der Waals surface area contributed by atoms with E-state index in [1.807, 2.05) is 18.0 Å². The van der Waals surface area contributed by atoms with Gasteiger partial charge in [0.25, 0.3) is 0 Å². The topological polar surface area (TPSA) is 29.3 Å². The average Bonchev–Trinajstić information content (AvgIpc) is 2.49. The summed E-state index contributed by atoms with van der Waals surface area (Å²) < 4.78 is 13.9. The van der Waals surface area contributed by atoms with E-state index in [-0.39, 0.29) is 11.9 Å². The Hall–Kier alpha value is -1.87. The summed E-state index contributed by atoms with van der Waals surface area (Å²) in [5.41, 5.74) is 8.90. The quantitative estimate of drug-likeness (QED) is 0.897. The van der Waals surface area contributed by atoms with Gasteiger partial charge in [-0.2, -0.15) is 0 Å². The van der Waals surface area contributed by atoms with E-state index in [1.165, 1.54) is 11.6 Å². The van der Waals surface area contributed by atoms with Gasteiger partial charge in [0.15, 0.2) is 0 Å². The van der Waals surface area contributed by atoms with E-state index in [9.17, 15) is 4.39 Å². The molecule has 0 fully saturated rings. The van der Waals surface area contributed by atoms with Crippen molar-refractivity contribution in [3.05, 3.63) is 65.5 Å². The fourth-order valence-corrected chi connectivity index (χ4v) is 2.53. The van der Waals surface area contributed by atoms with Gasteiger partial charge < -0.3 is 10.6 Å². The van der Waals surface area contributed by atoms with Gasteiger partial charge >= 0.3 is 0 Å². The number of nitrogens with two attached hydrogens (primary N) is 1. The highest BCUT2D eigenvalue weighted by atomic mass is 19.1. The Balaban J connectivity index is 2.29. The maximum atomic E-state index is 13.9. The molecule has 1 unspecified atom stereocenters. The molecule has 2 aromatic rings. The van der Waals surface area contributed by atoms with Crippen LogP contribution < -0.4 is 10.6 Å². The molecule has 0 amide bonds. The van der Waals surface area contributed by atoms with Crippen molar-refractivity contribution in [1.29, 1.82) is 0 Å². The zero-order chi connectivity index (χ0) is 15.4.